The van der Waals surface area contributed by atoms with E-state index in [4.69, 9.17) is 11.6 Å². The number of hydrogen-bond donors (Lipinski definition) is 1. The van der Waals surface area contributed by atoms with Crippen LogP contribution in [0.4, 0.5) is 5.69 Å². The molecule has 2 aromatic carbocycles. The van der Waals surface area contributed by atoms with Crippen LogP contribution in [0, 0.1) is 0 Å². The first-order valence-electron chi connectivity index (χ1n) is 5.77. The number of hydrogen-bond acceptors (Lipinski definition) is 1. The summed E-state index contributed by atoms with van der Waals surface area (Å²) in [5.74, 6) is -0.116. The van der Waals surface area contributed by atoms with Crippen molar-refractivity contribution in [2.45, 2.75) is 12.3 Å². The predicted molar refractivity (Wildman–Crippen MR) is 75.1 cm³/mol. The standard InChI is InChI=1S/C15H14ClNO/c1-11(16)13-8-5-9-14(10-13)17-15(18)12-6-3-2-4-7-12/h2-11H,1H3,(H,17,18)/t11-/m0/s1. The Morgan fingerprint density at radius 1 is 1.11 bits per heavy atom. The van der Waals surface area contributed by atoms with Gasteiger partial charge >= 0.3 is 0 Å². The van der Waals surface area contributed by atoms with Crippen LogP contribution in [-0.2, 0) is 0 Å². The molecule has 0 aromatic heterocycles. The van der Waals surface area contributed by atoms with Crippen LogP contribution in [0.2, 0.25) is 0 Å². The van der Waals surface area contributed by atoms with Gasteiger partial charge in [0.05, 0.1) is 5.38 Å². The van der Waals surface area contributed by atoms with Crippen molar-refractivity contribution in [1.29, 1.82) is 0 Å². The number of amides is 1. The second kappa shape index (κ2) is 5.69. The molecule has 0 fully saturated rings. The average Bonchev–Trinajstić information content (AvgIpc) is 2.40. The summed E-state index contributed by atoms with van der Waals surface area (Å²) >= 11 is 6.02. The van der Waals surface area contributed by atoms with Crippen LogP contribution in [-0.4, -0.2) is 5.91 Å². The second-order valence-corrected chi connectivity index (χ2v) is 4.72. The fourth-order valence-corrected chi connectivity index (χ4v) is 1.79. The number of carbonyl (C=O) groups excluding carboxylic acids is 1. The van der Waals surface area contributed by atoms with Gasteiger partial charge in [0.1, 0.15) is 0 Å². The quantitative estimate of drug-likeness (QED) is 0.821. The van der Waals surface area contributed by atoms with E-state index in [2.05, 4.69) is 5.32 Å². The number of rotatable bonds is 3. The van der Waals surface area contributed by atoms with Gasteiger partial charge in [-0.15, -0.1) is 11.6 Å². The zero-order chi connectivity index (χ0) is 13.0. The van der Waals surface area contributed by atoms with Crippen LogP contribution in [0.25, 0.3) is 0 Å². The van der Waals surface area contributed by atoms with E-state index in [1.54, 1.807) is 12.1 Å². The van der Waals surface area contributed by atoms with Crippen molar-refractivity contribution in [2.75, 3.05) is 5.32 Å². The molecular weight excluding hydrogens is 246 g/mol. The zero-order valence-corrected chi connectivity index (χ0v) is 10.8. The molecule has 0 bridgehead atoms. The minimum absolute atomic E-state index is 0.0708. The van der Waals surface area contributed by atoms with Gasteiger partial charge in [-0.3, -0.25) is 4.79 Å². The number of nitrogens with one attached hydrogen (secondary N) is 1. The Morgan fingerprint density at radius 2 is 1.83 bits per heavy atom. The maximum atomic E-state index is 12.0. The van der Waals surface area contributed by atoms with Crippen molar-refractivity contribution < 1.29 is 4.79 Å². The SMILES string of the molecule is C[C@H](Cl)c1cccc(NC(=O)c2ccccc2)c1. The van der Waals surface area contributed by atoms with Crippen molar-refractivity contribution in [2.24, 2.45) is 0 Å². The summed E-state index contributed by atoms with van der Waals surface area (Å²) in [5.41, 5.74) is 2.39. The van der Waals surface area contributed by atoms with Gasteiger partial charge in [-0.05, 0) is 36.8 Å². The summed E-state index contributed by atoms with van der Waals surface area (Å²) in [5, 5.41) is 2.79. The third-order valence-electron chi connectivity index (χ3n) is 2.64. The lowest BCUT2D eigenvalue weighted by Gasteiger charge is -2.08. The summed E-state index contributed by atoms with van der Waals surface area (Å²) in [4.78, 5) is 12.0. The number of alkyl halides is 1. The predicted octanol–water partition coefficient (Wildman–Crippen LogP) is 4.24. The molecular formula is C15H14ClNO. The maximum absolute atomic E-state index is 12.0. The monoisotopic (exact) mass is 259 g/mol. The van der Waals surface area contributed by atoms with Crippen molar-refractivity contribution >= 4 is 23.2 Å². The minimum atomic E-state index is -0.116. The van der Waals surface area contributed by atoms with Crippen LogP contribution in [0.15, 0.2) is 54.6 Å². The molecule has 0 saturated carbocycles. The smallest absolute Gasteiger partial charge is 0.255 e. The molecule has 2 nitrogen and oxygen atoms in total. The highest BCUT2D eigenvalue weighted by molar-refractivity contribution is 6.20. The highest BCUT2D eigenvalue weighted by Crippen LogP contribution is 2.22. The normalized spacial score (nSPS) is 11.9. The molecule has 1 N–H and O–H groups in total. The largest absolute Gasteiger partial charge is 0.322 e. The lowest BCUT2D eigenvalue weighted by atomic mass is 10.1. The molecule has 92 valence electrons. The van der Waals surface area contributed by atoms with Gasteiger partial charge in [-0.1, -0.05) is 30.3 Å². The molecule has 1 amide bonds. The average molecular weight is 260 g/mol. The minimum Gasteiger partial charge on any atom is -0.322 e. The molecule has 0 aliphatic heterocycles. The van der Waals surface area contributed by atoms with E-state index in [0.29, 0.717) is 5.56 Å². The Labute approximate surface area is 112 Å². The highest BCUT2D eigenvalue weighted by atomic mass is 35.5. The van der Waals surface area contributed by atoms with E-state index >= 15 is 0 Å². The first kappa shape index (κ1) is 12.7. The molecule has 0 saturated heterocycles. The van der Waals surface area contributed by atoms with E-state index in [9.17, 15) is 4.79 Å². The summed E-state index contributed by atoms with van der Waals surface area (Å²) < 4.78 is 0. The van der Waals surface area contributed by atoms with Gasteiger partial charge < -0.3 is 5.32 Å². The van der Waals surface area contributed by atoms with E-state index < -0.39 is 0 Å². The zero-order valence-electron chi connectivity index (χ0n) is 10.1. The van der Waals surface area contributed by atoms with Crippen LogP contribution in [0.5, 0.6) is 0 Å². The fourth-order valence-electron chi connectivity index (χ4n) is 1.66. The first-order valence-corrected chi connectivity index (χ1v) is 6.21. The number of halogens is 1. The Balaban J connectivity index is 2.15. The molecule has 0 aliphatic carbocycles. The summed E-state index contributed by atoms with van der Waals surface area (Å²) in [6.45, 7) is 1.90. The van der Waals surface area contributed by atoms with E-state index in [0.717, 1.165) is 11.3 Å². The molecule has 3 heteroatoms. The number of anilines is 1. The molecule has 0 spiro atoms. The molecule has 1 atom stereocenters. The third kappa shape index (κ3) is 3.11. The first-order chi connectivity index (χ1) is 8.66. The van der Waals surface area contributed by atoms with Crippen LogP contribution in [0.1, 0.15) is 28.2 Å². The topological polar surface area (TPSA) is 29.1 Å². The molecule has 0 radical (unpaired) electrons. The van der Waals surface area contributed by atoms with Crippen LogP contribution < -0.4 is 5.32 Å². The number of benzene rings is 2. The fraction of sp³-hybridized carbons (Fsp3) is 0.133. The molecule has 0 unspecified atom stereocenters. The molecule has 0 aliphatic rings. The van der Waals surface area contributed by atoms with Gasteiger partial charge in [0.15, 0.2) is 0 Å². The van der Waals surface area contributed by atoms with Gasteiger partial charge in [0, 0.05) is 11.3 Å². The Kier molecular flexibility index (Phi) is 4.00. The third-order valence-corrected chi connectivity index (χ3v) is 2.89. The van der Waals surface area contributed by atoms with E-state index in [1.807, 2.05) is 49.4 Å². The van der Waals surface area contributed by atoms with E-state index in [1.165, 1.54) is 0 Å². The van der Waals surface area contributed by atoms with Crippen molar-refractivity contribution in [1.82, 2.24) is 0 Å². The van der Waals surface area contributed by atoms with Gasteiger partial charge in [-0.25, -0.2) is 0 Å². The van der Waals surface area contributed by atoms with Crippen LogP contribution in [0.3, 0.4) is 0 Å². The second-order valence-electron chi connectivity index (χ2n) is 4.06. The Morgan fingerprint density at radius 3 is 2.50 bits per heavy atom. The maximum Gasteiger partial charge on any atom is 0.255 e. The van der Waals surface area contributed by atoms with E-state index in [-0.39, 0.29) is 11.3 Å². The summed E-state index contributed by atoms with van der Waals surface area (Å²) in [6.07, 6.45) is 0. The molecule has 18 heavy (non-hydrogen) atoms. The lowest BCUT2D eigenvalue weighted by molar-refractivity contribution is 0.102. The molecule has 2 aromatic rings. The van der Waals surface area contributed by atoms with Crippen molar-refractivity contribution in [3.63, 3.8) is 0 Å². The Bertz CT molecular complexity index is 537. The van der Waals surface area contributed by atoms with Gasteiger partial charge in [-0.2, -0.15) is 0 Å². The van der Waals surface area contributed by atoms with Crippen LogP contribution >= 0.6 is 11.6 Å². The molecule has 0 heterocycles. The lowest BCUT2D eigenvalue weighted by Crippen LogP contribution is -2.11. The summed E-state index contributed by atoms with van der Waals surface area (Å²) in [6, 6.07) is 16.7. The van der Waals surface area contributed by atoms with Gasteiger partial charge in [0.2, 0.25) is 0 Å². The Hall–Kier alpha value is -1.80. The summed E-state index contributed by atoms with van der Waals surface area (Å²) in [7, 11) is 0. The highest BCUT2D eigenvalue weighted by Gasteiger charge is 2.06. The van der Waals surface area contributed by atoms with Crippen molar-refractivity contribution in [3.8, 4) is 0 Å². The van der Waals surface area contributed by atoms with Gasteiger partial charge in [0.25, 0.3) is 5.91 Å². The van der Waals surface area contributed by atoms with Crippen molar-refractivity contribution in [3.05, 3.63) is 65.7 Å². The molecule has 2 rings (SSSR count). The number of carbonyl (C=O) groups is 1.